The molecule has 2 atom stereocenters. The molecule has 0 spiro atoms. The van der Waals surface area contributed by atoms with Crippen molar-refractivity contribution < 1.29 is 27.7 Å². The van der Waals surface area contributed by atoms with E-state index in [1.807, 2.05) is 6.07 Å². The number of nitrogens with one attached hydrogen (secondary N) is 1. The smallest absolute Gasteiger partial charge is 0.321 e. The summed E-state index contributed by atoms with van der Waals surface area (Å²) in [5.74, 6) is -1.03. The van der Waals surface area contributed by atoms with E-state index in [0.29, 0.717) is 39.0 Å². The van der Waals surface area contributed by atoms with Crippen LogP contribution in [0.4, 0.5) is 10.1 Å². The Kier molecular flexibility index (Phi) is 7.57. The number of hydrogen-bond acceptors (Lipinski definition) is 7. The number of hydrogen-bond donors (Lipinski definition) is 2. The summed E-state index contributed by atoms with van der Waals surface area (Å²) in [6.07, 6.45) is 7.93. The Morgan fingerprint density at radius 2 is 1.92 bits per heavy atom. The number of phosphoric acid groups is 1. The van der Waals surface area contributed by atoms with Crippen molar-refractivity contribution in [2.75, 3.05) is 5.32 Å². The third-order valence-electron chi connectivity index (χ3n) is 5.30. The average molecular weight is 540 g/mol. The number of rotatable bonds is 8. The molecular formula is C26H27FN5O5P. The van der Waals surface area contributed by atoms with Crippen molar-refractivity contribution in [2.24, 2.45) is 0 Å². The van der Waals surface area contributed by atoms with E-state index >= 15 is 0 Å². The van der Waals surface area contributed by atoms with Crippen molar-refractivity contribution in [3.63, 3.8) is 0 Å². The molecule has 4 heterocycles. The maximum Gasteiger partial charge on any atom is 0.474 e. The number of carbonyl (C=O) groups is 1. The number of pyridine rings is 3. The van der Waals surface area contributed by atoms with Gasteiger partial charge in [0.25, 0.3) is 0 Å². The van der Waals surface area contributed by atoms with Gasteiger partial charge in [-0.15, -0.1) is 0 Å². The lowest BCUT2D eigenvalue weighted by atomic mass is 10.0. The minimum absolute atomic E-state index is 0.373. The molecule has 0 saturated heterocycles. The summed E-state index contributed by atoms with van der Waals surface area (Å²) in [7, 11) is -4.43. The van der Waals surface area contributed by atoms with E-state index in [4.69, 9.17) is 9.05 Å². The maximum atomic E-state index is 14.0. The van der Waals surface area contributed by atoms with Gasteiger partial charge in [-0.3, -0.25) is 18.8 Å². The van der Waals surface area contributed by atoms with Gasteiger partial charge in [0.2, 0.25) is 11.9 Å². The Hall–Kier alpha value is -3.76. The van der Waals surface area contributed by atoms with Gasteiger partial charge in [0.1, 0.15) is 11.9 Å². The molecule has 1 amide bonds. The molecule has 4 rings (SSSR count). The molecule has 0 fully saturated rings. The zero-order chi connectivity index (χ0) is 27.7. The summed E-state index contributed by atoms with van der Waals surface area (Å²) < 4.78 is 38.9. The molecular weight excluding hydrogens is 512 g/mol. The van der Waals surface area contributed by atoms with Crippen molar-refractivity contribution in [3.8, 4) is 22.3 Å². The van der Waals surface area contributed by atoms with Crippen LogP contribution in [0.2, 0.25) is 0 Å². The van der Waals surface area contributed by atoms with Crippen LogP contribution in [0.25, 0.3) is 33.3 Å². The van der Waals surface area contributed by atoms with E-state index in [1.54, 1.807) is 63.0 Å². The molecule has 4 aromatic heterocycles. The molecule has 0 aliphatic heterocycles. The minimum Gasteiger partial charge on any atom is -0.321 e. The van der Waals surface area contributed by atoms with E-state index in [0.717, 1.165) is 6.08 Å². The van der Waals surface area contributed by atoms with Crippen molar-refractivity contribution in [2.45, 2.75) is 39.5 Å². The summed E-state index contributed by atoms with van der Waals surface area (Å²) in [6.45, 7) is 9.94. The second-order valence-corrected chi connectivity index (χ2v) is 10.8. The molecule has 2 unspecified atom stereocenters. The van der Waals surface area contributed by atoms with Crippen molar-refractivity contribution >= 4 is 30.5 Å². The monoisotopic (exact) mass is 539 g/mol. The molecule has 38 heavy (non-hydrogen) atoms. The molecule has 0 saturated carbocycles. The molecule has 0 aliphatic carbocycles. The zero-order valence-corrected chi connectivity index (χ0v) is 22.1. The van der Waals surface area contributed by atoms with Crippen molar-refractivity contribution in [3.05, 3.63) is 73.9 Å². The lowest BCUT2D eigenvalue weighted by molar-refractivity contribution is -0.111. The lowest BCUT2D eigenvalue weighted by Crippen LogP contribution is -2.19. The Morgan fingerprint density at radius 3 is 2.61 bits per heavy atom. The number of halogens is 1. The normalized spacial score (nSPS) is 14.2. The molecule has 2 N–H and O–H groups in total. The van der Waals surface area contributed by atoms with E-state index < -0.39 is 25.6 Å². The average Bonchev–Trinajstić information content (AvgIpc) is 3.21. The summed E-state index contributed by atoms with van der Waals surface area (Å²) in [5.41, 5.74) is 2.45. The highest BCUT2D eigenvalue weighted by Crippen LogP contribution is 2.50. The Balaban J connectivity index is 1.81. The van der Waals surface area contributed by atoms with Crippen LogP contribution in [0, 0.1) is 5.95 Å². The number of anilines is 1. The van der Waals surface area contributed by atoms with E-state index in [2.05, 4.69) is 26.8 Å². The van der Waals surface area contributed by atoms with Gasteiger partial charge in [0.15, 0.2) is 0 Å². The molecule has 198 valence electrons. The topological polar surface area (TPSA) is 128 Å². The highest BCUT2D eigenvalue weighted by molar-refractivity contribution is 7.47. The minimum atomic E-state index is -4.43. The van der Waals surface area contributed by atoms with E-state index in [1.165, 1.54) is 18.5 Å². The SMILES string of the molecule is C=CC(=O)Nc1cncc(-c2cnc3c(c2)c(-c2ccnc(F)c2)cn3C(C)OP(=O)(O)OC(C)(C)C)c1. The fourth-order valence-electron chi connectivity index (χ4n) is 3.84. The summed E-state index contributed by atoms with van der Waals surface area (Å²) in [6, 6.07) is 6.49. The third-order valence-corrected chi connectivity index (χ3v) is 6.65. The van der Waals surface area contributed by atoms with Gasteiger partial charge in [0, 0.05) is 52.9 Å². The van der Waals surface area contributed by atoms with Gasteiger partial charge in [-0.1, -0.05) is 6.58 Å². The number of carbonyl (C=O) groups excluding carboxylic acids is 1. The number of nitrogens with zero attached hydrogens (tertiary/aromatic N) is 4. The van der Waals surface area contributed by atoms with Gasteiger partial charge in [0.05, 0.1) is 17.5 Å². The van der Waals surface area contributed by atoms with Gasteiger partial charge >= 0.3 is 7.82 Å². The first-order valence-corrected chi connectivity index (χ1v) is 13.1. The van der Waals surface area contributed by atoms with Gasteiger partial charge < -0.3 is 14.8 Å². The largest absolute Gasteiger partial charge is 0.474 e. The first-order chi connectivity index (χ1) is 17.8. The van der Waals surface area contributed by atoms with Crippen LogP contribution in [0.5, 0.6) is 0 Å². The summed E-state index contributed by atoms with van der Waals surface area (Å²) in [4.78, 5) is 34.4. The lowest BCUT2D eigenvalue weighted by Gasteiger charge is -2.25. The van der Waals surface area contributed by atoms with Crippen molar-refractivity contribution in [1.29, 1.82) is 0 Å². The second kappa shape index (κ2) is 10.5. The second-order valence-electron chi connectivity index (χ2n) is 9.45. The predicted octanol–water partition coefficient (Wildman–Crippen LogP) is 5.87. The van der Waals surface area contributed by atoms with Crippen LogP contribution in [-0.2, 0) is 18.4 Å². The third kappa shape index (κ3) is 6.38. The van der Waals surface area contributed by atoms with Gasteiger partial charge in [-0.25, -0.2) is 14.5 Å². The quantitative estimate of drug-likeness (QED) is 0.162. The molecule has 12 heteroatoms. The van der Waals surface area contributed by atoms with Crippen LogP contribution in [-0.4, -0.2) is 35.9 Å². The van der Waals surface area contributed by atoms with E-state index in [-0.39, 0.29) is 5.91 Å². The first-order valence-electron chi connectivity index (χ1n) is 11.6. The fourth-order valence-corrected chi connectivity index (χ4v) is 5.06. The highest BCUT2D eigenvalue weighted by Gasteiger charge is 2.32. The first kappa shape index (κ1) is 27.3. The number of fused-ring (bicyclic) bond motifs is 1. The van der Waals surface area contributed by atoms with Crippen LogP contribution < -0.4 is 5.32 Å². The number of aromatic nitrogens is 4. The molecule has 4 aromatic rings. The molecule has 0 bridgehead atoms. The summed E-state index contributed by atoms with van der Waals surface area (Å²) >= 11 is 0. The van der Waals surface area contributed by atoms with Crippen LogP contribution >= 0.6 is 7.82 Å². The van der Waals surface area contributed by atoms with E-state index in [9.17, 15) is 18.6 Å². The highest BCUT2D eigenvalue weighted by atomic mass is 31.2. The molecule has 0 aliphatic rings. The Labute approximate surface area is 218 Å². The zero-order valence-electron chi connectivity index (χ0n) is 21.3. The van der Waals surface area contributed by atoms with Gasteiger partial charge in [-0.2, -0.15) is 4.39 Å². The van der Waals surface area contributed by atoms with Crippen molar-refractivity contribution in [1.82, 2.24) is 19.5 Å². The number of phosphoric ester groups is 1. The number of amides is 1. The Morgan fingerprint density at radius 1 is 1.18 bits per heavy atom. The maximum absolute atomic E-state index is 14.0. The van der Waals surface area contributed by atoms with Gasteiger partial charge in [-0.05, 0) is 57.5 Å². The predicted molar refractivity (Wildman–Crippen MR) is 141 cm³/mol. The van der Waals surface area contributed by atoms with Crippen LogP contribution in [0.15, 0.2) is 67.9 Å². The van der Waals surface area contributed by atoms with Crippen LogP contribution in [0.1, 0.15) is 33.9 Å². The Bertz CT molecular complexity index is 1570. The molecule has 0 radical (unpaired) electrons. The van der Waals surface area contributed by atoms with Crippen LogP contribution in [0.3, 0.4) is 0 Å². The fraction of sp³-hybridized carbons (Fsp3) is 0.231. The molecule has 10 nitrogen and oxygen atoms in total. The molecule has 0 aromatic carbocycles. The summed E-state index contributed by atoms with van der Waals surface area (Å²) in [5, 5.41) is 3.29. The standard InChI is InChI=1S/C26H27FN5O5P/c1-6-24(33)31-20-9-18(12-28-14-20)19-10-21-22(17-7-8-29-23(27)11-17)15-32(25(21)30-13-19)16(2)36-38(34,35)37-26(3,4)5/h6-16H,1H2,2-5H3,(H,31,33)(H,34,35).